The predicted octanol–water partition coefficient (Wildman–Crippen LogP) is 2.97. The smallest absolute Gasteiger partial charge is 0.0700 e. The fourth-order valence-electron chi connectivity index (χ4n) is 2.80. The first-order valence-corrected chi connectivity index (χ1v) is 6.09. The van der Waals surface area contributed by atoms with E-state index in [0.29, 0.717) is 17.6 Å². The summed E-state index contributed by atoms with van der Waals surface area (Å²) in [5.41, 5.74) is 0.573. The summed E-state index contributed by atoms with van der Waals surface area (Å²) in [6.07, 6.45) is 2.70. The molecule has 0 saturated carbocycles. The van der Waals surface area contributed by atoms with E-state index in [1.807, 2.05) is 0 Å². The Hall–Kier alpha value is -0.0800. The van der Waals surface area contributed by atoms with Crippen LogP contribution in [0.4, 0.5) is 0 Å². The van der Waals surface area contributed by atoms with Gasteiger partial charge in [0.25, 0.3) is 0 Å². The van der Waals surface area contributed by atoms with E-state index in [2.05, 4.69) is 46.9 Å². The van der Waals surface area contributed by atoms with E-state index in [-0.39, 0.29) is 5.54 Å². The Labute approximate surface area is 94.8 Å². The van der Waals surface area contributed by atoms with Crippen LogP contribution in [0.1, 0.15) is 54.4 Å². The zero-order valence-electron chi connectivity index (χ0n) is 11.2. The van der Waals surface area contributed by atoms with Gasteiger partial charge in [0.05, 0.1) is 6.10 Å². The van der Waals surface area contributed by atoms with E-state index in [9.17, 15) is 0 Å². The molecule has 0 unspecified atom stereocenters. The number of rotatable bonds is 3. The molecule has 0 amide bonds. The van der Waals surface area contributed by atoms with Crippen LogP contribution in [-0.4, -0.2) is 24.3 Å². The summed E-state index contributed by atoms with van der Waals surface area (Å²) >= 11 is 0. The van der Waals surface area contributed by atoms with Gasteiger partial charge >= 0.3 is 0 Å². The molecule has 0 bridgehead atoms. The molecule has 1 aliphatic rings. The van der Waals surface area contributed by atoms with Crippen LogP contribution >= 0.6 is 0 Å². The van der Waals surface area contributed by atoms with Gasteiger partial charge in [0.15, 0.2) is 0 Å². The molecule has 2 atom stereocenters. The minimum atomic E-state index is 0.199. The van der Waals surface area contributed by atoms with Crippen LogP contribution in [0.2, 0.25) is 0 Å². The quantitative estimate of drug-likeness (QED) is 0.778. The van der Waals surface area contributed by atoms with Gasteiger partial charge < -0.3 is 10.1 Å². The number of hydrogen-bond donors (Lipinski definition) is 1. The molecule has 1 rings (SSSR count). The first-order chi connectivity index (χ1) is 6.70. The predicted molar refractivity (Wildman–Crippen MR) is 65.1 cm³/mol. The number of ether oxygens (including phenoxy) is 1. The molecular weight excluding hydrogens is 186 g/mol. The highest BCUT2D eigenvalue weighted by Gasteiger charge is 2.32. The highest BCUT2D eigenvalue weighted by Crippen LogP contribution is 2.28. The molecule has 15 heavy (non-hydrogen) atoms. The molecule has 1 heterocycles. The fourth-order valence-corrected chi connectivity index (χ4v) is 2.80. The highest BCUT2D eigenvalue weighted by molar-refractivity contribution is 4.90. The molecule has 2 nitrogen and oxygen atoms in total. The van der Waals surface area contributed by atoms with Crippen LogP contribution in [0.5, 0.6) is 0 Å². The van der Waals surface area contributed by atoms with Crippen molar-refractivity contribution in [3.63, 3.8) is 0 Å². The Kier molecular flexibility index (Phi) is 3.83. The summed E-state index contributed by atoms with van der Waals surface area (Å²) in [5.74, 6) is 0. The van der Waals surface area contributed by atoms with Crippen LogP contribution in [0.25, 0.3) is 0 Å². The molecule has 1 fully saturated rings. The molecular formula is C13H27NO. The van der Waals surface area contributed by atoms with E-state index in [1.54, 1.807) is 0 Å². The first kappa shape index (κ1) is 13.0. The van der Waals surface area contributed by atoms with Crippen LogP contribution in [-0.2, 0) is 4.74 Å². The van der Waals surface area contributed by atoms with Crippen molar-refractivity contribution in [2.45, 2.75) is 72.1 Å². The second-order valence-corrected chi connectivity index (χ2v) is 6.74. The Morgan fingerprint density at radius 2 is 1.80 bits per heavy atom. The summed E-state index contributed by atoms with van der Waals surface area (Å²) in [6.45, 7) is 14.6. The summed E-state index contributed by atoms with van der Waals surface area (Å²) in [7, 11) is 0. The Balaban J connectivity index is 2.48. The summed E-state index contributed by atoms with van der Waals surface area (Å²) in [5, 5.41) is 3.74. The SMILES string of the molecule is C[C@@H]1OCC[C@H]1NC(C)(C)CC(C)(C)C. The van der Waals surface area contributed by atoms with Gasteiger partial charge in [0.1, 0.15) is 0 Å². The van der Waals surface area contributed by atoms with Crippen molar-refractivity contribution in [1.29, 1.82) is 0 Å². The standard InChI is InChI=1S/C13H27NO/c1-10-11(7-8-15-10)14-13(5,6)9-12(2,3)4/h10-11,14H,7-9H2,1-6H3/t10-,11+/m0/s1. The molecule has 0 aliphatic carbocycles. The normalized spacial score (nSPS) is 28.4. The fraction of sp³-hybridized carbons (Fsp3) is 1.00. The largest absolute Gasteiger partial charge is 0.377 e. The Bertz CT molecular complexity index is 205. The Morgan fingerprint density at radius 3 is 2.20 bits per heavy atom. The average Bonchev–Trinajstić information content (AvgIpc) is 2.29. The lowest BCUT2D eigenvalue weighted by Crippen LogP contribution is -2.50. The van der Waals surface area contributed by atoms with Crippen molar-refractivity contribution in [3.8, 4) is 0 Å². The van der Waals surface area contributed by atoms with Gasteiger partial charge in [0.2, 0.25) is 0 Å². The molecule has 2 heteroatoms. The lowest BCUT2D eigenvalue weighted by molar-refractivity contribution is 0.102. The van der Waals surface area contributed by atoms with Crippen molar-refractivity contribution in [2.75, 3.05) is 6.61 Å². The van der Waals surface area contributed by atoms with Crippen LogP contribution in [0.15, 0.2) is 0 Å². The van der Waals surface area contributed by atoms with Crippen LogP contribution < -0.4 is 5.32 Å². The van der Waals surface area contributed by atoms with Gasteiger partial charge in [-0.25, -0.2) is 0 Å². The van der Waals surface area contributed by atoms with Crippen LogP contribution in [0.3, 0.4) is 0 Å². The maximum absolute atomic E-state index is 5.58. The molecule has 0 radical (unpaired) electrons. The van der Waals surface area contributed by atoms with Crippen molar-refractivity contribution >= 4 is 0 Å². The Morgan fingerprint density at radius 1 is 1.20 bits per heavy atom. The van der Waals surface area contributed by atoms with E-state index in [1.165, 1.54) is 6.42 Å². The van der Waals surface area contributed by atoms with Crippen molar-refractivity contribution in [3.05, 3.63) is 0 Å². The lowest BCUT2D eigenvalue weighted by Gasteiger charge is -2.36. The van der Waals surface area contributed by atoms with E-state index >= 15 is 0 Å². The molecule has 0 aromatic rings. The minimum Gasteiger partial charge on any atom is -0.377 e. The third-order valence-electron chi connectivity index (χ3n) is 2.92. The summed E-state index contributed by atoms with van der Waals surface area (Å²) in [4.78, 5) is 0. The topological polar surface area (TPSA) is 21.3 Å². The molecule has 1 N–H and O–H groups in total. The van der Waals surface area contributed by atoms with Gasteiger partial charge in [0, 0.05) is 18.2 Å². The van der Waals surface area contributed by atoms with Crippen molar-refractivity contribution in [2.24, 2.45) is 5.41 Å². The minimum absolute atomic E-state index is 0.199. The maximum atomic E-state index is 5.58. The van der Waals surface area contributed by atoms with E-state index < -0.39 is 0 Å². The molecule has 1 saturated heterocycles. The van der Waals surface area contributed by atoms with Crippen molar-refractivity contribution in [1.82, 2.24) is 5.32 Å². The van der Waals surface area contributed by atoms with E-state index in [0.717, 1.165) is 13.0 Å². The van der Waals surface area contributed by atoms with Gasteiger partial charge in [-0.1, -0.05) is 20.8 Å². The first-order valence-electron chi connectivity index (χ1n) is 6.09. The highest BCUT2D eigenvalue weighted by atomic mass is 16.5. The van der Waals surface area contributed by atoms with E-state index in [4.69, 9.17) is 4.74 Å². The molecule has 90 valence electrons. The average molecular weight is 213 g/mol. The molecule has 1 aliphatic heterocycles. The second kappa shape index (κ2) is 4.42. The van der Waals surface area contributed by atoms with Gasteiger partial charge in [-0.3, -0.25) is 0 Å². The van der Waals surface area contributed by atoms with Gasteiger partial charge in [-0.15, -0.1) is 0 Å². The third-order valence-corrected chi connectivity index (χ3v) is 2.92. The second-order valence-electron chi connectivity index (χ2n) is 6.74. The molecule has 0 aromatic carbocycles. The zero-order chi connectivity index (χ0) is 11.7. The third kappa shape index (κ3) is 4.52. The molecule has 0 aromatic heterocycles. The number of hydrogen-bond acceptors (Lipinski definition) is 2. The van der Waals surface area contributed by atoms with Crippen LogP contribution in [0, 0.1) is 5.41 Å². The number of nitrogens with one attached hydrogen (secondary N) is 1. The van der Waals surface area contributed by atoms with Gasteiger partial charge in [-0.2, -0.15) is 0 Å². The monoisotopic (exact) mass is 213 g/mol. The van der Waals surface area contributed by atoms with Gasteiger partial charge in [-0.05, 0) is 39.0 Å². The summed E-state index contributed by atoms with van der Waals surface area (Å²) < 4.78 is 5.58. The zero-order valence-corrected chi connectivity index (χ0v) is 11.2. The van der Waals surface area contributed by atoms with Crippen molar-refractivity contribution < 1.29 is 4.74 Å². The maximum Gasteiger partial charge on any atom is 0.0700 e. The summed E-state index contributed by atoms with van der Waals surface area (Å²) in [6, 6.07) is 0.530. The lowest BCUT2D eigenvalue weighted by atomic mass is 9.81. The molecule has 0 spiro atoms.